The van der Waals surface area contributed by atoms with Gasteiger partial charge in [0.05, 0.1) is 9.95 Å². The summed E-state index contributed by atoms with van der Waals surface area (Å²) in [5.41, 5.74) is -0.0363. The van der Waals surface area contributed by atoms with Crippen molar-refractivity contribution in [3.63, 3.8) is 0 Å². The summed E-state index contributed by atoms with van der Waals surface area (Å²) in [5, 5.41) is 16.9. The second-order valence-corrected chi connectivity index (χ2v) is 5.32. The lowest BCUT2D eigenvalue weighted by Crippen LogP contribution is -2.44. The van der Waals surface area contributed by atoms with Crippen molar-refractivity contribution in [2.45, 2.75) is 6.42 Å². The highest BCUT2D eigenvalue weighted by Gasteiger charge is 2.17. The van der Waals surface area contributed by atoms with Crippen LogP contribution in [0.3, 0.4) is 0 Å². The zero-order chi connectivity index (χ0) is 15.2. The maximum absolute atomic E-state index is 13.4. The normalized spacial score (nSPS) is 15.9. The number of nitro benzene ring substituents is 1. The lowest BCUT2D eigenvalue weighted by Gasteiger charge is -2.27. The van der Waals surface area contributed by atoms with Gasteiger partial charge in [0.25, 0.3) is 5.69 Å². The van der Waals surface area contributed by atoms with Gasteiger partial charge in [0, 0.05) is 44.9 Å². The van der Waals surface area contributed by atoms with Crippen LogP contribution >= 0.6 is 11.6 Å². The molecule has 0 aromatic heterocycles. The summed E-state index contributed by atoms with van der Waals surface area (Å²) in [6.07, 6.45) is 0.835. The van der Waals surface area contributed by atoms with Crippen LogP contribution < -0.4 is 10.6 Å². The number of nitro groups is 1. The van der Waals surface area contributed by atoms with E-state index in [0.29, 0.717) is 6.54 Å². The van der Waals surface area contributed by atoms with E-state index in [4.69, 9.17) is 11.6 Å². The first-order valence-corrected chi connectivity index (χ1v) is 7.26. The van der Waals surface area contributed by atoms with E-state index >= 15 is 0 Å². The van der Waals surface area contributed by atoms with Gasteiger partial charge in [-0.25, -0.2) is 4.39 Å². The molecular weight excluding hydrogens is 299 g/mol. The lowest BCUT2D eigenvalue weighted by molar-refractivity contribution is -0.384. The monoisotopic (exact) mass is 316 g/mol. The van der Waals surface area contributed by atoms with Gasteiger partial charge in [0.1, 0.15) is 11.5 Å². The number of hydrogen-bond acceptors (Lipinski definition) is 5. The minimum Gasteiger partial charge on any atom is -0.379 e. The molecule has 1 fully saturated rings. The first-order chi connectivity index (χ1) is 10.1. The molecular formula is C13H18ClFN4O2. The molecule has 0 unspecified atom stereocenters. The molecule has 1 aliphatic rings. The van der Waals surface area contributed by atoms with Gasteiger partial charge in [0.2, 0.25) is 0 Å². The van der Waals surface area contributed by atoms with Crippen LogP contribution in [0, 0.1) is 15.9 Å². The van der Waals surface area contributed by atoms with Gasteiger partial charge in [-0.2, -0.15) is 0 Å². The average molecular weight is 317 g/mol. The molecule has 1 aliphatic heterocycles. The molecule has 2 N–H and O–H groups in total. The molecule has 8 heteroatoms. The Hall–Kier alpha value is -1.44. The van der Waals surface area contributed by atoms with Crippen molar-refractivity contribution >= 4 is 23.0 Å². The number of benzene rings is 1. The summed E-state index contributed by atoms with van der Waals surface area (Å²) in [6, 6.07) is 2.11. The lowest BCUT2D eigenvalue weighted by atomic mass is 10.2. The summed E-state index contributed by atoms with van der Waals surface area (Å²) in [4.78, 5) is 12.7. The van der Waals surface area contributed by atoms with Crippen LogP contribution in [-0.4, -0.2) is 49.1 Å². The van der Waals surface area contributed by atoms with Crippen LogP contribution in [0.15, 0.2) is 12.1 Å². The van der Waals surface area contributed by atoms with Gasteiger partial charge in [0.15, 0.2) is 0 Å². The third-order valence-electron chi connectivity index (χ3n) is 3.41. The SMILES string of the molecule is O=[N+]([O-])c1cc(Cl)c(F)cc1NCCCN1CCNCC1. The molecule has 0 radical (unpaired) electrons. The molecule has 0 bridgehead atoms. The Morgan fingerprint density at radius 1 is 1.43 bits per heavy atom. The molecule has 0 spiro atoms. The number of halogens is 2. The van der Waals surface area contributed by atoms with Gasteiger partial charge < -0.3 is 15.5 Å². The third-order valence-corrected chi connectivity index (χ3v) is 3.70. The van der Waals surface area contributed by atoms with E-state index in [-0.39, 0.29) is 16.4 Å². The molecule has 21 heavy (non-hydrogen) atoms. The van der Waals surface area contributed by atoms with E-state index in [1.54, 1.807) is 0 Å². The molecule has 6 nitrogen and oxygen atoms in total. The fourth-order valence-corrected chi connectivity index (χ4v) is 2.45. The summed E-state index contributed by atoms with van der Waals surface area (Å²) < 4.78 is 13.4. The van der Waals surface area contributed by atoms with Crippen LogP contribution in [0.2, 0.25) is 5.02 Å². The van der Waals surface area contributed by atoms with Gasteiger partial charge in [-0.05, 0) is 13.0 Å². The van der Waals surface area contributed by atoms with Gasteiger partial charge in [-0.3, -0.25) is 10.1 Å². The van der Waals surface area contributed by atoms with Crippen LogP contribution in [0.4, 0.5) is 15.8 Å². The minimum atomic E-state index is -0.660. The zero-order valence-electron chi connectivity index (χ0n) is 11.6. The molecule has 1 heterocycles. The van der Waals surface area contributed by atoms with Crippen molar-refractivity contribution in [3.8, 4) is 0 Å². The molecule has 1 saturated heterocycles. The van der Waals surface area contributed by atoms with Crippen LogP contribution in [0.25, 0.3) is 0 Å². The second-order valence-electron chi connectivity index (χ2n) is 4.91. The van der Waals surface area contributed by atoms with Crippen LogP contribution in [0.1, 0.15) is 6.42 Å². The number of anilines is 1. The minimum absolute atomic E-state index is 0.169. The number of nitrogens with zero attached hydrogens (tertiary/aromatic N) is 2. The van der Waals surface area contributed by atoms with Crippen molar-refractivity contribution in [3.05, 3.63) is 33.1 Å². The first-order valence-electron chi connectivity index (χ1n) is 6.88. The highest BCUT2D eigenvalue weighted by atomic mass is 35.5. The maximum atomic E-state index is 13.4. The zero-order valence-corrected chi connectivity index (χ0v) is 12.3. The van der Waals surface area contributed by atoms with Crippen LogP contribution in [-0.2, 0) is 0 Å². The predicted octanol–water partition coefficient (Wildman–Crippen LogP) is 2.09. The fourth-order valence-electron chi connectivity index (χ4n) is 2.29. The standard InChI is InChI=1S/C13H18ClFN4O2/c14-10-8-13(19(20)21)12(9-11(10)15)17-2-1-5-18-6-3-16-4-7-18/h8-9,16-17H,1-7H2. The van der Waals surface area contributed by atoms with Crippen molar-refractivity contribution in [1.82, 2.24) is 10.2 Å². The number of piperazine rings is 1. The summed E-state index contributed by atoms with van der Waals surface area (Å²) in [7, 11) is 0. The summed E-state index contributed by atoms with van der Waals surface area (Å²) >= 11 is 5.57. The maximum Gasteiger partial charge on any atom is 0.294 e. The molecule has 2 rings (SSSR count). The number of rotatable bonds is 6. The van der Waals surface area contributed by atoms with Gasteiger partial charge in [-0.15, -0.1) is 0 Å². The molecule has 0 amide bonds. The second kappa shape index (κ2) is 7.53. The third kappa shape index (κ3) is 4.52. The van der Waals surface area contributed by atoms with Crippen molar-refractivity contribution in [1.29, 1.82) is 0 Å². The average Bonchev–Trinajstić information content (AvgIpc) is 2.47. The molecule has 116 valence electrons. The molecule has 0 saturated carbocycles. The van der Waals surface area contributed by atoms with E-state index in [2.05, 4.69) is 15.5 Å². The Balaban J connectivity index is 1.87. The summed E-state index contributed by atoms with van der Waals surface area (Å²) in [6.45, 7) is 5.46. The molecule has 0 atom stereocenters. The van der Waals surface area contributed by atoms with Gasteiger partial charge in [-0.1, -0.05) is 11.6 Å². The predicted molar refractivity (Wildman–Crippen MR) is 80.5 cm³/mol. The highest BCUT2D eigenvalue weighted by Crippen LogP contribution is 2.30. The highest BCUT2D eigenvalue weighted by molar-refractivity contribution is 6.31. The topological polar surface area (TPSA) is 70.4 Å². The van der Waals surface area contributed by atoms with E-state index in [1.165, 1.54) is 0 Å². The largest absolute Gasteiger partial charge is 0.379 e. The van der Waals surface area contributed by atoms with Crippen molar-refractivity contribution in [2.75, 3.05) is 44.6 Å². The Labute approximate surface area is 127 Å². The quantitative estimate of drug-likeness (QED) is 0.478. The summed E-state index contributed by atoms with van der Waals surface area (Å²) in [5.74, 6) is -0.660. The van der Waals surface area contributed by atoms with Crippen molar-refractivity contribution < 1.29 is 9.31 Å². The Bertz CT molecular complexity index is 509. The van der Waals surface area contributed by atoms with E-state index < -0.39 is 10.7 Å². The number of nitrogens with one attached hydrogen (secondary N) is 2. The van der Waals surface area contributed by atoms with E-state index in [9.17, 15) is 14.5 Å². The smallest absolute Gasteiger partial charge is 0.294 e. The van der Waals surface area contributed by atoms with E-state index in [0.717, 1.165) is 51.3 Å². The Morgan fingerprint density at radius 2 is 2.14 bits per heavy atom. The van der Waals surface area contributed by atoms with Gasteiger partial charge >= 0.3 is 0 Å². The molecule has 1 aromatic rings. The first kappa shape index (κ1) is 15.9. The van der Waals surface area contributed by atoms with Crippen molar-refractivity contribution in [2.24, 2.45) is 0 Å². The molecule has 1 aromatic carbocycles. The van der Waals surface area contributed by atoms with E-state index in [1.807, 2.05) is 0 Å². The number of hydrogen-bond donors (Lipinski definition) is 2. The fraction of sp³-hybridized carbons (Fsp3) is 0.538. The molecule has 0 aliphatic carbocycles. The Morgan fingerprint density at radius 3 is 2.81 bits per heavy atom. The van der Waals surface area contributed by atoms with Crippen LogP contribution in [0.5, 0.6) is 0 Å². The Kier molecular flexibility index (Phi) is 5.72.